The second kappa shape index (κ2) is 11.1. The molecule has 0 bridgehead atoms. The zero-order chi connectivity index (χ0) is 25.5. The van der Waals surface area contributed by atoms with E-state index < -0.39 is 17.8 Å². The molecule has 3 aromatic carbocycles. The van der Waals surface area contributed by atoms with Gasteiger partial charge in [0.05, 0.1) is 18.4 Å². The van der Waals surface area contributed by atoms with Gasteiger partial charge in [0.15, 0.2) is 11.5 Å². The molecule has 2 N–H and O–H groups in total. The Bertz CT molecular complexity index is 1290. The molecule has 0 aliphatic carbocycles. The molecule has 0 aromatic heterocycles. The summed E-state index contributed by atoms with van der Waals surface area (Å²) >= 11 is 0. The molecule has 180 valence electrons. The molecule has 0 heterocycles. The van der Waals surface area contributed by atoms with E-state index in [1.165, 1.54) is 7.11 Å². The largest absolute Gasteiger partial charge is 0.493 e. The van der Waals surface area contributed by atoms with E-state index in [0.717, 1.165) is 16.7 Å². The Labute approximate surface area is 204 Å². The van der Waals surface area contributed by atoms with Crippen LogP contribution in [0.5, 0.6) is 11.5 Å². The molecule has 8 nitrogen and oxygen atoms in total. The smallest absolute Gasteiger partial charge is 0.343 e. The standard InChI is InChI=1S/C27H27N3O5/c1-16-8-6-11-21(14-16)27(33)35-22-13-12-20(15-23(22)34-5)19(4)29-30-26(32)25(31)28-24-17(2)9-7-10-18(24)3/h6-15H,1-5H3,(H,28,31)(H,30,32)/b29-19+. The number of aryl methyl sites for hydroxylation is 3. The Balaban J connectivity index is 1.69. The minimum absolute atomic E-state index is 0.243. The number of hydrogen-bond acceptors (Lipinski definition) is 6. The topological polar surface area (TPSA) is 106 Å². The Morgan fingerprint density at radius 1 is 0.800 bits per heavy atom. The number of methoxy groups -OCH3 is 1. The van der Waals surface area contributed by atoms with Crippen LogP contribution in [0.4, 0.5) is 5.69 Å². The second-order valence-electron chi connectivity index (χ2n) is 7.98. The molecule has 0 unspecified atom stereocenters. The lowest BCUT2D eigenvalue weighted by Crippen LogP contribution is -2.33. The minimum Gasteiger partial charge on any atom is -0.493 e. The minimum atomic E-state index is -0.900. The van der Waals surface area contributed by atoms with Gasteiger partial charge in [-0.1, -0.05) is 35.9 Å². The number of amides is 2. The van der Waals surface area contributed by atoms with E-state index in [1.807, 2.05) is 45.0 Å². The van der Waals surface area contributed by atoms with Crippen LogP contribution in [0.3, 0.4) is 0 Å². The number of esters is 1. The van der Waals surface area contributed by atoms with Crippen molar-refractivity contribution in [3.63, 3.8) is 0 Å². The van der Waals surface area contributed by atoms with Crippen molar-refractivity contribution in [1.29, 1.82) is 0 Å². The summed E-state index contributed by atoms with van der Waals surface area (Å²) in [5.74, 6) is -1.67. The summed E-state index contributed by atoms with van der Waals surface area (Å²) in [5, 5.41) is 6.63. The van der Waals surface area contributed by atoms with Crippen molar-refractivity contribution < 1.29 is 23.9 Å². The highest BCUT2D eigenvalue weighted by molar-refractivity contribution is 6.39. The molecule has 0 saturated carbocycles. The molecule has 35 heavy (non-hydrogen) atoms. The Kier molecular flexibility index (Phi) is 7.99. The number of rotatable bonds is 6. The van der Waals surface area contributed by atoms with E-state index in [-0.39, 0.29) is 5.75 Å². The van der Waals surface area contributed by atoms with E-state index in [4.69, 9.17) is 9.47 Å². The van der Waals surface area contributed by atoms with Crippen LogP contribution >= 0.6 is 0 Å². The number of hydrazone groups is 1. The van der Waals surface area contributed by atoms with Crippen LogP contribution < -0.4 is 20.2 Å². The van der Waals surface area contributed by atoms with Gasteiger partial charge < -0.3 is 14.8 Å². The summed E-state index contributed by atoms with van der Waals surface area (Å²) in [5.41, 5.74) is 6.95. The second-order valence-corrected chi connectivity index (χ2v) is 7.98. The number of carbonyl (C=O) groups excluding carboxylic acids is 3. The van der Waals surface area contributed by atoms with Crippen molar-refractivity contribution in [3.8, 4) is 11.5 Å². The first-order valence-electron chi connectivity index (χ1n) is 10.9. The normalized spacial score (nSPS) is 10.9. The first-order valence-corrected chi connectivity index (χ1v) is 10.9. The number of ether oxygens (including phenoxy) is 2. The first kappa shape index (κ1) is 25.2. The van der Waals surface area contributed by atoms with Gasteiger partial charge in [-0.05, 0) is 69.2 Å². The first-order chi connectivity index (χ1) is 16.7. The monoisotopic (exact) mass is 473 g/mol. The fraction of sp³-hybridized carbons (Fsp3) is 0.185. The lowest BCUT2D eigenvalue weighted by molar-refractivity contribution is -0.136. The van der Waals surface area contributed by atoms with Crippen molar-refractivity contribution in [3.05, 3.63) is 88.5 Å². The maximum absolute atomic E-state index is 12.5. The lowest BCUT2D eigenvalue weighted by Gasteiger charge is -2.12. The molecule has 8 heteroatoms. The maximum Gasteiger partial charge on any atom is 0.343 e. The van der Waals surface area contributed by atoms with Crippen LogP contribution in [0.2, 0.25) is 0 Å². The highest BCUT2D eigenvalue weighted by Gasteiger charge is 2.17. The van der Waals surface area contributed by atoms with Crippen molar-refractivity contribution in [2.45, 2.75) is 27.7 Å². The molecule has 0 atom stereocenters. The van der Waals surface area contributed by atoms with E-state index >= 15 is 0 Å². The molecule has 0 aliphatic heterocycles. The molecule has 0 aliphatic rings. The number of carbonyl (C=O) groups is 3. The molecule has 0 saturated heterocycles. The van der Waals surface area contributed by atoms with Gasteiger partial charge in [0, 0.05) is 11.3 Å². The van der Waals surface area contributed by atoms with Gasteiger partial charge in [0.25, 0.3) is 0 Å². The zero-order valence-corrected chi connectivity index (χ0v) is 20.3. The van der Waals surface area contributed by atoms with Crippen LogP contribution in [0.15, 0.2) is 65.8 Å². The van der Waals surface area contributed by atoms with Crippen LogP contribution in [0.1, 0.15) is 39.5 Å². The van der Waals surface area contributed by atoms with E-state index in [9.17, 15) is 14.4 Å². The van der Waals surface area contributed by atoms with Gasteiger partial charge in [-0.15, -0.1) is 0 Å². The molecule has 0 spiro atoms. The maximum atomic E-state index is 12.5. The molecular formula is C27H27N3O5. The molecular weight excluding hydrogens is 446 g/mol. The Morgan fingerprint density at radius 2 is 1.49 bits per heavy atom. The van der Waals surface area contributed by atoms with Crippen molar-refractivity contribution in [2.24, 2.45) is 5.10 Å². The van der Waals surface area contributed by atoms with Crippen molar-refractivity contribution >= 4 is 29.2 Å². The summed E-state index contributed by atoms with van der Waals surface area (Å²) in [6, 6.07) is 17.5. The fourth-order valence-electron chi connectivity index (χ4n) is 3.34. The number of benzene rings is 3. The van der Waals surface area contributed by atoms with E-state index in [2.05, 4.69) is 15.8 Å². The third-order valence-electron chi connectivity index (χ3n) is 5.29. The van der Waals surface area contributed by atoms with Crippen LogP contribution in [-0.4, -0.2) is 30.6 Å². The average Bonchev–Trinajstić information content (AvgIpc) is 2.84. The number of nitrogens with zero attached hydrogens (tertiary/aromatic N) is 1. The molecule has 2 amide bonds. The number of para-hydroxylation sites is 1. The summed E-state index contributed by atoms with van der Waals surface area (Å²) in [6.45, 7) is 7.24. The fourth-order valence-corrected chi connectivity index (χ4v) is 3.34. The third-order valence-corrected chi connectivity index (χ3v) is 5.29. The highest BCUT2D eigenvalue weighted by atomic mass is 16.6. The Hall–Kier alpha value is -4.46. The van der Waals surface area contributed by atoms with Crippen LogP contribution in [0.25, 0.3) is 0 Å². The lowest BCUT2D eigenvalue weighted by atomic mass is 10.1. The summed E-state index contributed by atoms with van der Waals surface area (Å²) in [6.07, 6.45) is 0. The Morgan fingerprint density at radius 3 is 2.14 bits per heavy atom. The summed E-state index contributed by atoms with van der Waals surface area (Å²) in [7, 11) is 1.45. The number of hydrogen-bond donors (Lipinski definition) is 2. The number of nitrogens with one attached hydrogen (secondary N) is 2. The average molecular weight is 474 g/mol. The van der Waals surface area contributed by atoms with Gasteiger partial charge in [-0.2, -0.15) is 5.10 Å². The van der Waals surface area contributed by atoms with Gasteiger partial charge in [0.1, 0.15) is 0 Å². The third kappa shape index (κ3) is 6.32. The van der Waals surface area contributed by atoms with E-state index in [0.29, 0.717) is 28.3 Å². The predicted octanol–water partition coefficient (Wildman–Crippen LogP) is 4.32. The summed E-state index contributed by atoms with van der Waals surface area (Å²) < 4.78 is 10.9. The summed E-state index contributed by atoms with van der Waals surface area (Å²) in [4.78, 5) is 37.0. The highest BCUT2D eigenvalue weighted by Crippen LogP contribution is 2.29. The zero-order valence-electron chi connectivity index (χ0n) is 20.3. The molecule has 3 rings (SSSR count). The molecule has 0 radical (unpaired) electrons. The van der Waals surface area contributed by atoms with Crippen LogP contribution in [-0.2, 0) is 9.59 Å². The van der Waals surface area contributed by atoms with Crippen LogP contribution in [0, 0.1) is 20.8 Å². The van der Waals surface area contributed by atoms with Gasteiger partial charge in [-0.25, -0.2) is 10.2 Å². The van der Waals surface area contributed by atoms with Gasteiger partial charge in [0.2, 0.25) is 0 Å². The van der Waals surface area contributed by atoms with Crippen molar-refractivity contribution in [2.75, 3.05) is 12.4 Å². The molecule has 0 fully saturated rings. The quantitative estimate of drug-likeness (QED) is 0.182. The number of anilines is 1. The van der Waals surface area contributed by atoms with Gasteiger partial charge >= 0.3 is 17.8 Å². The SMILES string of the molecule is COc1cc(/C(C)=N/NC(=O)C(=O)Nc2c(C)cccc2C)ccc1OC(=O)c1cccc(C)c1. The van der Waals surface area contributed by atoms with Gasteiger partial charge in [-0.3, -0.25) is 9.59 Å². The predicted molar refractivity (Wildman–Crippen MR) is 134 cm³/mol. The molecule has 3 aromatic rings. The van der Waals surface area contributed by atoms with Crippen molar-refractivity contribution in [1.82, 2.24) is 5.43 Å². The van der Waals surface area contributed by atoms with E-state index in [1.54, 1.807) is 43.3 Å².